The van der Waals surface area contributed by atoms with Gasteiger partial charge in [-0.15, -0.1) is 0 Å². The van der Waals surface area contributed by atoms with E-state index in [1.54, 1.807) is 0 Å². The number of hydrogen-bond acceptors (Lipinski definition) is 5. The van der Waals surface area contributed by atoms with Crippen LogP contribution in [0.1, 0.15) is 20.8 Å². The van der Waals surface area contributed by atoms with E-state index < -0.39 is 12.1 Å². The maximum Gasteiger partial charge on any atom is 0.187 e. The Labute approximate surface area is 89.3 Å². The predicted molar refractivity (Wildman–Crippen MR) is 51.2 cm³/mol. The number of ether oxygens (including phenoxy) is 4. The molecule has 2 saturated heterocycles. The van der Waals surface area contributed by atoms with Crippen LogP contribution < -0.4 is 0 Å². The van der Waals surface area contributed by atoms with Crippen molar-refractivity contribution in [1.82, 2.24) is 0 Å². The second-order valence-electron chi connectivity index (χ2n) is 4.25. The lowest BCUT2D eigenvalue weighted by Gasteiger charge is -2.23. The third-order valence-electron chi connectivity index (χ3n) is 2.62. The van der Waals surface area contributed by atoms with Gasteiger partial charge in [0.1, 0.15) is 18.3 Å². The molecule has 2 heterocycles. The molecule has 0 spiro atoms. The van der Waals surface area contributed by atoms with Crippen molar-refractivity contribution in [1.29, 1.82) is 0 Å². The zero-order valence-corrected chi connectivity index (χ0v) is 9.30. The zero-order valence-electron chi connectivity index (χ0n) is 9.30. The molecule has 0 radical (unpaired) electrons. The molecule has 2 fully saturated rings. The van der Waals surface area contributed by atoms with Gasteiger partial charge >= 0.3 is 0 Å². The van der Waals surface area contributed by atoms with Crippen LogP contribution in [0.25, 0.3) is 0 Å². The molecule has 1 N–H and O–H groups in total. The Bertz CT molecular complexity index is 230. The minimum absolute atomic E-state index is 0.0792. The molecule has 0 bridgehead atoms. The molecule has 0 aromatic heterocycles. The highest BCUT2D eigenvalue weighted by molar-refractivity contribution is 4.94. The lowest BCUT2D eigenvalue weighted by Crippen LogP contribution is -2.32. The quantitative estimate of drug-likeness (QED) is 0.736. The highest BCUT2D eigenvalue weighted by Gasteiger charge is 2.55. The Hall–Kier alpha value is -0.200. The summed E-state index contributed by atoms with van der Waals surface area (Å²) in [5.41, 5.74) is 0. The van der Waals surface area contributed by atoms with E-state index in [9.17, 15) is 0 Å². The van der Waals surface area contributed by atoms with E-state index in [2.05, 4.69) is 0 Å². The van der Waals surface area contributed by atoms with Gasteiger partial charge in [-0.05, 0) is 20.8 Å². The van der Waals surface area contributed by atoms with Crippen LogP contribution in [0.3, 0.4) is 0 Å². The zero-order chi connectivity index (χ0) is 11.1. The van der Waals surface area contributed by atoms with Gasteiger partial charge < -0.3 is 24.1 Å². The van der Waals surface area contributed by atoms with Crippen LogP contribution in [0.15, 0.2) is 0 Å². The summed E-state index contributed by atoms with van der Waals surface area (Å²) < 4.78 is 22.2. The van der Waals surface area contributed by atoms with Crippen molar-refractivity contribution < 1.29 is 24.1 Å². The van der Waals surface area contributed by atoms with Crippen molar-refractivity contribution in [2.24, 2.45) is 0 Å². The van der Waals surface area contributed by atoms with Gasteiger partial charge in [0.05, 0.1) is 6.61 Å². The fourth-order valence-electron chi connectivity index (χ4n) is 2.09. The van der Waals surface area contributed by atoms with Crippen molar-refractivity contribution in [3.05, 3.63) is 0 Å². The fraction of sp³-hybridized carbons (Fsp3) is 1.00. The van der Waals surface area contributed by atoms with Crippen LogP contribution in [0.2, 0.25) is 0 Å². The summed E-state index contributed by atoms with van der Waals surface area (Å²) in [5, 5.41) is 9.15. The van der Waals surface area contributed by atoms with E-state index in [-0.39, 0.29) is 24.9 Å². The number of hydrogen-bond donors (Lipinski definition) is 1. The summed E-state index contributed by atoms with van der Waals surface area (Å²) in [6, 6.07) is 0. The monoisotopic (exact) mass is 218 g/mol. The van der Waals surface area contributed by atoms with E-state index in [1.807, 2.05) is 20.8 Å². The van der Waals surface area contributed by atoms with Crippen LogP contribution in [-0.4, -0.2) is 48.7 Å². The molecule has 2 aliphatic heterocycles. The second kappa shape index (κ2) is 3.99. The standard InChI is InChI=1S/C10H18O5/c1-4-12-9-8-7(6(5-11)13-9)14-10(2,3)15-8/h6-9,11H,4-5H2,1-3H3/t6-,7+,8+,9+/m1/s1. The van der Waals surface area contributed by atoms with Gasteiger partial charge in [0.2, 0.25) is 0 Å². The predicted octanol–water partition coefficient (Wildman–Crippen LogP) is 0.260. The molecule has 0 aromatic carbocycles. The summed E-state index contributed by atoms with van der Waals surface area (Å²) in [6.07, 6.45) is -1.26. The molecule has 2 aliphatic rings. The topological polar surface area (TPSA) is 57.2 Å². The summed E-state index contributed by atoms with van der Waals surface area (Å²) in [6.45, 7) is 6.07. The molecule has 5 heteroatoms. The molecule has 5 nitrogen and oxygen atoms in total. The number of aliphatic hydroxyl groups excluding tert-OH is 1. The largest absolute Gasteiger partial charge is 0.394 e. The lowest BCUT2D eigenvalue weighted by atomic mass is 10.1. The normalized spacial score (nSPS) is 43.2. The minimum Gasteiger partial charge on any atom is -0.394 e. The molecule has 0 unspecified atom stereocenters. The summed E-state index contributed by atoms with van der Waals surface area (Å²) in [4.78, 5) is 0. The first-order valence-electron chi connectivity index (χ1n) is 5.31. The molecule has 88 valence electrons. The fourth-order valence-corrected chi connectivity index (χ4v) is 2.09. The van der Waals surface area contributed by atoms with Gasteiger partial charge in [-0.1, -0.05) is 0 Å². The van der Waals surface area contributed by atoms with Crippen LogP contribution in [0.5, 0.6) is 0 Å². The first kappa shape index (κ1) is 11.3. The van der Waals surface area contributed by atoms with Gasteiger partial charge in [-0.3, -0.25) is 0 Å². The van der Waals surface area contributed by atoms with Gasteiger partial charge in [-0.25, -0.2) is 0 Å². The Morgan fingerprint density at radius 2 is 1.93 bits per heavy atom. The Kier molecular flexibility index (Phi) is 3.00. The Balaban J connectivity index is 2.08. The van der Waals surface area contributed by atoms with Crippen molar-refractivity contribution in [3.8, 4) is 0 Å². The first-order valence-corrected chi connectivity index (χ1v) is 5.31. The van der Waals surface area contributed by atoms with E-state index >= 15 is 0 Å². The second-order valence-corrected chi connectivity index (χ2v) is 4.25. The third kappa shape index (κ3) is 2.03. The highest BCUT2D eigenvalue weighted by Crippen LogP contribution is 2.38. The summed E-state index contributed by atoms with van der Waals surface area (Å²) in [5.74, 6) is -0.623. The van der Waals surface area contributed by atoms with E-state index in [0.29, 0.717) is 6.61 Å². The molecule has 0 saturated carbocycles. The van der Waals surface area contributed by atoms with E-state index in [0.717, 1.165) is 0 Å². The van der Waals surface area contributed by atoms with Gasteiger partial charge in [0.25, 0.3) is 0 Å². The first-order chi connectivity index (χ1) is 7.07. The van der Waals surface area contributed by atoms with Gasteiger partial charge in [0.15, 0.2) is 12.1 Å². The van der Waals surface area contributed by atoms with Crippen molar-refractivity contribution in [2.75, 3.05) is 13.2 Å². The molecule has 0 aromatic rings. The lowest BCUT2D eigenvalue weighted by molar-refractivity contribution is -0.235. The summed E-state index contributed by atoms with van der Waals surface area (Å²) in [7, 11) is 0. The molecular formula is C10H18O5. The van der Waals surface area contributed by atoms with Crippen LogP contribution in [-0.2, 0) is 18.9 Å². The SMILES string of the molecule is CCO[C@H]1O[C@H](CO)[C@@H]2OC(C)(C)O[C@H]12. The van der Waals surface area contributed by atoms with Crippen molar-refractivity contribution in [3.63, 3.8) is 0 Å². The number of aliphatic hydroxyl groups is 1. The van der Waals surface area contributed by atoms with Crippen molar-refractivity contribution in [2.45, 2.75) is 51.2 Å². The maximum absolute atomic E-state index is 9.15. The van der Waals surface area contributed by atoms with Gasteiger partial charge in [-0.2, -0.15) is 0 Å². The number of rotatable bonds is 3. The van der Waals surface area contributed by atoms with Crippen LogP contribution in [0.4, 0.5) is 0 Å². The minimum atomic E-state index is -0.623. The molecule has 4 atom stereocenters. The molecule has 0 aliphatic carbocycles. The van der Waals surface area contributed by atoms with Crippen LogP contribution in [0, 0.1) is 0 Å². The third-order valence-corrected chi connectivity index (χ3v) is 2.62. The molecule has 0 amide bonds. The Morgan fingerprint density at radius 1 is 1.27 bits per heavy atom. The number of fused-ring (bicyclic) bond motifs is 1. The Morgan fingerprint density at radius 3 is 2.53 bits per heavy atom. The average molecular weight is 218 g/mol. The van der Waals surface area contributed by atoms with E-state index in [4.69, 9.17) is 24.1 Å². The van der Waals surface area contributed by atoms with Crippen LogP contribution >= 0.6 is 0 Å². The van der Waals surface area contributed by atoms with Crippen molar-refractivity contribution >= 4 is 0 Å². The van der Waals surface area contributed by atoms with Gasteiger partial charge in [0, 0.05) is 6.61 Å². The average Bonchev–Trinajstić information content (AvgIpc) is 2.61. The highest BCUT2D eigenvalue weighted by atomic mass is 16.8. The maximum atomic E-state index is 9.15. The smallest absolute Gasteiger partial charge is 0.187 e. The summed E-state index contributed by atoms with van der Waals surface area (Å²) >= 11 is 0. The molecule has 15 heavy (non-hydrogen) atoms. The molecular weight excluding hydrogens is 200 g/mol. The molecule has 2 rings (SSSR count). The van der Waals surface area contributed by atoms with E-state index in [1.165, 1.54) is 0 Å².